The lowest BCUT2D eigenvalue weighted by Gasteiger charge is -2.34. The summed E-state index contributed by atoms with van der Waals surface area (Å²) in [5.41, 5.74) is 1.55. The second-order valence-corrected chi connectivity index (χ2v) is 13.4. The van der Waals surface area contributed by atoms with E-state index in [4.69, 9.17) is 16.6 Å². The Labute approximate surface area is 261 Å². The Balaban J connectivity index is 1.41. The van der Waals surface area contributed by atoms with Gasteiger partial charge in [0.25, 0.3) is 15.6 Å². The Morgan fingerprint density at radius 1 is 1.09 bits per heavy atom. The third kappa shape index (κ3) is 6.69. The van der Waals surface area contributed by atoms with Gasteiger partial charge in [-0.1, -0.05) is 23.7 Å². The first kappa shape index (κ1) is 31.7. The molecule has 14 heteroatoms. The monoisotopic (exact) mass is 642 g/mol. The summed E-state index contributed by atoms with van der Waals surface area (Å²) in [5.74, 6) is 0.507. The number of hydrogen-bond acceptors (Lipinski definition) is 9. The molecule has 4 aromatic rings. The molecule has 3 aromatic heterocycles. The standard InChI is InChI=1S/C30H36ClFN8O3S/c1-18(2)40-28-24(17-33-30(37-28)35-20-9-11-21(12-10-20)39(4)16-15-32)36-27(29(40)41)22-13-14-26(34-19(22)3)38-44(42,43)25-8-6-5-7-23(25)31/h5-8,13-14,17-18,20-21H,9-12,15-16H2,1-4H3,(H,34,38)(H,33,35,37). The number of aryl methyl sites for hydroxylation is 1. The molecule has 0 atom stereocenters. The summed E-state index contributed by atoms with van der Waals surface area (Å²) < 4.78 is 42.6. The van der Waals surface area contributed by atoms with Gasteiger partial charge in [0.05, 0.1) is 11.2 Å². The van der Waals surface area contributed by atoms with E-state index in [0.717, 1.165) is 25.7 Å². The van der Waals surface area contributed by atoms with Crippen LogP contribution in [-0.4, -0.2) is 70.2 Å². The van der Waals surface area contributed by atoms with Crippen molar-refractivity contribution in [1.82, 2.24) is 29.4 Å². The first-order valence-electron chi connectivity index (χ1n) is 14.6. The Hall–Kier alpha value is -3.68. The minimum Gasteiger partial charge on any atom is -0.351 e. The highest BCUT2D eigenvalue weighted by Crippen LogP contribution is 2.27. The number of pyridine rings is 1. The molecule has 44 heavy (non-hydrogen) atoms. The van der Waals surface area contributed by atoms with E-state index in [-0.39, 0.29) is 45.7 Å². The molecule has 0 bridgehead atoms. The second-order valence-electron chi connectivity index (χ2n) is 11.3. The number of hydrogen-bond donors (Lipinski definition) is 2. The average molecular weight is 643 g/mol. The molecule has 1 fully saturated rings. The molecule has 0 radical (unpaired) electrons. The normalized spacial score (nSPS) is 17.4. The first-order valence-corrected chi connectivity index (χ1v) is 16.4. The topological polar surface area (TPSA) is 135 Å². The SMILES string of the molecule is Cc1nc(NS(=O)(=O)c2ccccc2Cl)ccc1-c1nc2cnc(NC3CCC(N(C)CCF)CC3)nc2n(C(C)C)c1=O. The zero-order valence-electron chi connectivity index (χ0n) is 25.1. The highest BCUT2D eigenvalue weighted by Gasteiger charge is 2.25. The largest absolute Gasteiger partial charge is 0.351 e. The lowest BCUT2D eigenvalue weighted by atomic mass is 9.90. The van der Waals surface area contributed by atoms with Gasteiger partial charge in [-0.05, 0) is 77.8 Å². The number of nitrogens with one attached hydrogen (secondary N) is 2. The summed E-state index contributed by atoms with van der Waals surface area (Å²) in [7, 11) is -2.02. The molecule has 0 spiro atoms. The molecule has 3 heterocycles. The van der Waals surface area contributed by atoms with Crippen LogP contribution in [0.25, 0.3) is 22.4 Å². The number of benzene rings is 1. The van der Waals surface area contributed by atoms with Gasteiger partial charge in [0.15, 0.2) is 5.65 Å². The van der Waals surface area contributed by atoms with Gasteiger partial charge in [0.1, 0.15) is 28.6 Å². The fraction of sp³-hybridized carbons (Fsp3) is 0.433. The smallest absolute Gasteiger partial charge is 0.279 e. The number of aromatic nitrogens is 5. The van der Waals surface area contributed by atoms with Crippen LogP contribution in [0.4, 0.5) is 16.2 Å². The van der Waals surface area contributed by atoms with Crippen LogP contribution in [0.1, 0.15) is 51.3 Å². The molecule has 0 saturated heterocycles. The Morgan fingerprint density at radius 2 is 1.82 bits per heavy atom. The van der Waals surface area contributed by atoms with Crippen molar-refractivity contribution in [2.24, 2.45) is 0 Å². The van der Waals surface area contributed by atoms with E-state index >= 15 is 0 Å². The average Bonchev–Trinajstić information content (AvgIpc) is 2.97. The van der Waals surface area contributed by atoms with Crippen LogP contribution in [0.15, 0.2) is 52.3 Å². The van der Waals surface area contributed by atoms with E-state index in [0.29, 0.717) is 41.0 Å². The molecule has 1 aromatic carbocycles. The Kier molecular flexibility index (Phi) is 9.47. The number of sulfonamides is 1. The van der Waals surface area contributed by atoms with Crippen molar-refractivity contribution in [3.63, 3.8) is 0 Å². The van der Waals surface area contributed by atoms with Crippen LogP contribution in [-0.2, 0) is 10.0 Å². The van der Waals surface area contributed by atoms with E-state index in [9.17, 15) is 17.6 Å². The number of anilines is 2. The maximum absolute atomic E-state index is 13.8. The number of alkyl halides is 1. The van der Waals surface area contributed by atoms with E-state index in [1.165, 1.54) is 18.2 Å². The molecular formula is C30H36ClFN8O3S. The third-order valence-corrected chi connectivity index (χ3v) is 9.80. The minimum absolute atomic E-state index is 0.0658. The van der Waals surface area contributed by atoms with Crippen molar-refractivity contribution >= 4 is 44.6 Å². The molecule has 11 nitrogen and oxygen atoms in total. The molecule has 0 amide bonds. The van der Waals surface area contributed by atoms with Gasteiger partial charge < -0.3 is 10.2 Å². The number of nitrogens with zero attached hydrogens (tertiary/aromatic N) is 6. The van der Waals surface area contributed by atoms with Crippen LogP contribution >= 0.6 is 11.6 Å². The van der Waals surface area contributed by atoms with Crippen molar-refractivity contribution in [2.45, 2.75) is 69.5 Å². The molecule has 2 N–H and O–H groups in total. The molecule has 1 aliphatic carbocycles. The predicted octanol–water partition coefficient (Wildman–Crippen LogP) is 5.22. The molecule has 5 rings (SSSR count). The van der Waals surface area contributed by atoms with Crippen LogP contribution in [0.2, 0.25) is 5.02 Å². The Bertz CT molecular complexity index is 1830. The first-order chi connectivity index (χ1) is 21.0. The molecule has 0 aliphatic heterocycles. The summed E-state index contributed by atoms with van der Waals surface area (Å²) in [6, 6.07) is 9.53. The maximum Gasteiger partial charge on any atom is 0.279 e. The lowest BCUT2D eigenvalue weighted by molar-refractivity contribution is 0.174. The number of rotatable bonds is 10. The second kappa shape index (κ2) is 13.1. The fourth-order valence-corrected chi connectivity index (χ4v) is 7.13. The number of fused-ring (bicyclic) bond motifs is 1. The van der Waals surface area contributed by atoms with Crippen LogP contribution < -0.4 is 15.6 Å². The Morgan fingerprint density at radius 3 is 2.48 bits per heavy atom. The molecular weight excluding hydrogens is 607 g/mol. The lowest BCUT2D eigenvalue weighted by Crippen LogP contribution is -2.39. The van der Waals surface area contributed by atoms with Crippen molar-refractivity contribution in [3.8, 4) is 11.3 Å². The molecule has 1 saturated carbocycles. The molecule has 1 aliphatic rings. The summed E-state index contributed by atoms with van der Waals surface area (Å²) in [5, 5.41) is 3.50. The summed E-state index contributed by atoms with van der Waals surface area (Å²) >= 11 is 6.09. The highest BCUT2D eigenvalue weighted by molar-refractivity contribution is 7.92. The maximum atomic E-state index is 13.8. The summed E-state index contributed by atoms with van der Waals surface area (Å²) in [6.45, 7) is 5.57. The van der Waals surface area contributed by atoms with Gasteiger partial charge in [-0.25, -0.2) is 27.8 Å². The zero-order valence-corrected chi connectivity index (χ0v) is 26.7. The fourth-order valence-electron chi connectivity index (χ4n) is 5.61. The molecule has 0 unspecified atom stereocenters. The van der Waals surface area contributed by atoms with Gasteiger partial charge in [0.2, 0.25) is 5.95 Å². The third-order valence-electron chi connectivity index (χ3n) is 7.94. The van der Waals surface area contributed by atoms with E-state index in [1.807, 2.05) is 20.9 Å². The van der Waals surface area contributed by atoms with E-state index in [1.54, 1.807) is 35.9 Å². The van der Waals surface area contributed by atoms with Crippen LogP contribution in [0.3, 0.4) is 0 Å². The van der Waals surface area contributed by atoms with Gasteiger partial charge in [-0.3, -0.25) is 14.1 Å². The van der Waals surface area contributed by atoms with Crippen molar-refractivity contribution in [2.75, 3.05) is 30.3 Å². The van der Waals surface area contributed by atoms with Crippen LogP contribution in [0.5, 0.6) is 0 Å². The van der Waals surface area contributed by atoms with Crippen molar-refractivity contribution < 1.29 is 12.8 Å². The highest BCUT2D eigenvalue weighted by atomic mass is 35.5. The number of halogens is 2. The van der Waals surface area contributed by atoms with Gasteiger partial charge in [-0.15, -0.1) is 0 Å². The van der Waals surface area contributed by atoms with Crippen molar-refractivity contribution in [3.05, 3.63) is 63.7 Å². The molecule has 234 valence electrons. The summed E-state index contributed by atoms with van der Waals surface area (Å²) in [6.07, 6.45) is 5.33. The van der Waals surface area contributed by atoms with Gasteiger partial charge in [0, 0.05) is 35.9 Å². The van der Waals surface area contributed by atoms with E-state index in [2.05, 4.69) is 29.9 Å². The minimum atomic E-state index is -3.98. The predicted molar refractivity (Wildman–Crippen MR) is 170 cm³/mol. The zero-order chi connectivity index (χ0) is 31.6. The van der Waals surface area contributed by atoms with E-state index < -0.39 is 10.0 Å². The quantitative estimate of drug-likeness (QED) is 0.239. The van der Waals surface area contributed by atoms with Gasteiger partial charge in [-0.2, -0.15) is 4.98 Å². The summed E-state index contributed by atoms with van der Waals surface area (Å²) in [4.78, 5) is 34.0. The van der Waals surface area contributed by atoms with Crippen molar-refractivity contribution in [1.29, 1.82) is 0 Å². The van der Waals surface area contributed by atoms with Gasteiger partial charge >= 0.3 is 0 Å². The van der Waals surface area contributed by atoms with Crippen LogP contribution in [0, 0.1) is 6.92 Å².